The zero-order valence-electron chi connectivity index (χ0n) is 13.8. The quantitative estimate of drug-likeness (QED) is 0.601. The highest BCUT2D eigenvalue weighted by Crippen LogP contribution is 2.27. The van der Waals surface area contributed by atoms with Gasteiger partial charge in [-0.25, -0.2) is 9.78 Å². The number of amides is 1. The summed E-state index contributed by atoms with van der Waals surface area (Å²) in [6.07, 6.45) is 0.0552. The molecule has 0 aliphatic rings. The summed E-state index contributed by atoms with van der Waals surface area (Å²) < 4.78 is 5.35. The van der Waals surface area contributed by atoms with E-state index >= 15 is 0 Å². The van der Waals surface area contributed by atoms with Gasteiger partial charge in [-0.05, 0) is 32.9 Å². The Morgan fingerprint density at radius 1 is 1.33 bits per heavy atom. The van der Waals surface area contributed by atoms with E-state index in [-0.39, 0.29) is 12.3 Å². The van der Waals surface area contributed by atoms with Crippen LogP contribution in [0.15, 0.2) is 35.2 Å². The van der Waals surface area contributed by atoms with Gasteiger partial charge < -0.3 is 4.74 Å². The van der Waals surface area contributed by atoms with Crippen LogP contribution in [-0.2, 0) is 11.2 Å². The Hall–Kier alpha value is -2.48. The Balaban J connectivity index is 2.09. The van der Waals surface area contributed by atoms with E-state index in [1.165, 1.54) is 28.4 Å². The summed E-state index contributed by atoms with van der Waals surface area (Å²) >= 11 is 1.49. The third-order valence-electron chi connectivity index (χ3n) is 3.24. The summed E-state index contributed by atoms with van der Waals surface area (Å²) in [4.78, 5) is 28.4. The number of nitro groups is 1. The fraction of sp³-hybridized carbons (Fsp3) is 0.375. The fourth-order valence-corrected chi connectivity index (χ4v) is 2.75. The summed E-state index contributed by atoms with van der Waals surface area (Å²) in [6, 6.07) is 5.84. The second-order valence-electron chi connectivity index (χ2n) is 6.12. The molecule has 0 unspecified atom stereocenters. The maximum absolute atomic E-state index is 12.5. The van der Waals surface area contributed by atoms with Crippen LogP contribution in [0.4, 0.5) is 16.2 Å². The third kappa shape index (κ3) is 4.51. The van der Waals surface area contributed by atoms with Gasteiger partial charge in [0, 0.05) is 35.2 Å². The number of hydrogen-bond acceptors (Lipinski definition) is 6. The standard InChI is InChI=1S/C16H19N3O4S/c1-16(2,3)18(13-4-6-14(7-5-13)19(21)22)15(20)23-9-8-12-10-24-11-17-12/h4-7,10-11H,8-9H2,1-3H3. The van der Waals surface area contributed by atoms with E-state index in [4.69, 9.17) is 4.74 Å². The number of benzene rings is 1. The van der Waals surface area contributed by atoms with Gasteiger partial charge in [0.2, 0.25) is 0 Å². The Labute approximate surface area is 144 Å². The highest BCUT2D eigenvalue weighted by atomic mass is 32.1. The van der Waals surface area contributed by atoms with Crippen molar-refractivity contribution in [3.63, 3.8) is 0 Å². The molecule has 1 heterocycles. The largest absolute Gasteiger partial charge is 0.449 e. The second kappa shape index (κ2) is 7.39. The molecular formula is C16H19N3O4S. The summed E-state index contributed by atoms with van der Waals surface area (Å²) in [5.74, 6) is 0. The molecule has 24 heavy (non-hydrogen) atoms. The van der Waals surface area contributed by atoms with Gasteiger partial charge in [-0.3, -0.25) is 15.0 Å². The number of carbonyl (C=O) groups excluding carboxylic acids is 1. The lowest BCUT2D eigenvalue weighted by Gasteiger charge is -2.34. The highest BCUT2D eigenvalue weighted by molar-refractivity contribution is 7.07. The van der Waals surface area contributed by atoms with Crippen molar-refractivity contribution in [3.05, 3.63) is 51.0 Å². The first-order chi connectivity index (χ1) is 11.3. The number of carbonyl (C=O) groups is 1. The monoisotopic (exact) mass is 349 g/mol. The molecule has 8 heteroatoms. The van der Waals surface area contributed by atoms with Crippen molar-refractivity contribution in [1.29, 1.82) is 0 Å². The molecule has 1 amide bonds. The molecule has 7 nitrogen and oxygen atoms in total. The van der Waals surface area contributed by atoms with Crippen LogP contribution >= 0.6 is 11.3 Å². The molecule has 1 aromatic carbocycles. The fourth-order valence-electron chi connectivity index (χ4n) is 2.16. The molecule has 0 spiro atoms. The third-order valence-corrected chi connectivity index (χ3v) is 3.87. The number of non-ortho nitro benzene ring substituents is 1. The van der Waals surface area contributed by atoms with Gasteiger partial charge in [0.25, 0.3) is 5.69 Å². The van der Waals surface area contributed by atoms with Gasteiger partial charge in [-0.15, -0.1) is 11.3 Å². The minimum absolute atomic E-state index is 0.0236. The first-order valence-corrected chi connectivity index (χ1v) is 8.32. The number of nitro benzene ring substituents is 1. The summed E-state index contributed by atoms with van der Waals surface area (Å²) in [7, 11) is 0. The van der Waals surface area contributed by atoms with Gasteiger partial charge in [0.15, 0.2) is 0 Å². The van der Waals surface area contributed by atoms with Crippen LogP contribution in [0.25, 0.3) is 0 Å². The van der Waals surface area contributed by atoms with E-state index in [1.54, 1.807) is 17.6 Å². The Morgan fingerprint density at radius 3 is 2.50 bits per heavy atom. The summed E-state index contributed by atoms with van der Waals surface area (Å²) in [5, 5.41) is 12.7. The number of ether oxygens (including phenoxy) is 1. The minimum Gasteiger partial charge on any atom is -0.449 e. The van der Waals surface area contributed by atoms with Crippen LogP contribution in [0.1, 0.15) is 26.5 Å². The van der Waals surface area contributed by atoms with E-state index in [0.717, 1.165) is 5.69 Å². The lowest BCUT2D eigenvalue weighted by molar-refractivity contribution is -0.384. The molecule has 1 aromatic heterocycles. The lowest BCUT2D eigenvalue weighted by atomic mass is 10.1. The number of anilines is 1. The lowest BCUT2D eigenvalue weighted by Crippen LogP contribution is -2.46. The molecule has 0 radical (unpaired) electrons. The van der Waals surface area contributed by atoms with Gasteiger partial charge in [0.1, 0.15) is 0 Å². The zero-order chi connectivity index (χ0) is 17.7. The Bertz CT molecular complexity index is 693. The van der Waals surface area contributed by atoms with Gasteiger partial charge in [-0.2, -0.15) is 0 Å². The maximum atomic E-state index is 12.5. The van der Waals surface area contributed by atoms with E-state index < -0.39 is 16.6 Å². The number of thiazole rings is 1. The van der Waals surface area contributed by atoms with E-state index in [9.17, 15) is 14.9 Å². The molecule has 0 saturated carbocycles. The van der Waals surface area contributed by atoms with Crippen LogP contribution in [0.3, 0.4) is 0 Å². The average molecular weight is 349 g/mol. The summed E-state index contributed by atoms with van der Waals surface area (Å²) in [5.41, 5.74) is 2.60. The van der Waals surface area contributed by atoms with Crippen molar-refractivity contribution in [2.75, 3.05) is 11.5 Å². The Morgan fingerprint density at radius 2 is 2.00 bits per heavy atom. The van der Waals surface area contributed by atoms with Crippen molar-refractivity contribution in [3.8, 4) is 0 Å². The van der Waals surface area contributed by atoms with Crippen molar-refractivity contribution in [1.82, 2.24) is 4.98 Å². The van der Waals surface area contributed by atoms with Crippen molar-refractivity contribution < 1.29 is 14.5 Å². The van der Waals surface area contributed by atoms with Crippen LogP contribution in [0.5, 0.6) is 0 Å². The van der Waals surface area contributed by atoms with Crippen LogP contribution in [-0.4, -0.2) is 28.1 Å². The number of nitrogens with zero attached hydrogens (tertiary/aromatic N) is 3. The molecule has 0 bridgehead atoms. The molecular weight excluding hydrogens is 330 g/mol. The first kappa shape index (κ1) is 17.9. The molecule has 0 aliphatic heterocycles. The van der Waals surface area contributed by atoms with E-state index in [0.29, 0.717) is 12.1 Å². The molecule has 128 valence electrons. The maximum Gasteiger partial charge on any atom is 0.414 e. The topological polar surface area (TPSA) is 85.6 Å². The average Bonchev–Trinajstić information content (AvgIpc) is 3.00. The number of aromatic nitrogens is 1. The molecule has 0 fully saturated rings. The Kier molecular flexibility index (Phi) is 5.50. The molecule has 2 aromatic rings. The smallest absolute Gasteiger partial charge is 0.414 e. The van der Waals surface area contributed by atoms with Gasteiger partial charge >= 0.3 is 6.09 Å². The minimum atomic E-state index is -0.534. The van der Waals surface area contributed by atoms with Crippen molar-refractivity contribution in [2.24, 2.45) is 0 Å². The molecule has 0 saturated heterocycles. The van der Waals surface area contributed by atoms with Gasteiger partial charge in [0.05, 0.1) is 22.7 Å². The predicted octanol–water partition coefficient (Wildman–Crippen LogP) is 4.04. The van der Waals surface area contributed by atoms with Crippen LogP contribution in [0, 0.1) is 10.1 Å². The highest BCUT2D eigenvalue weighted by Gasteiger charge is 2.29. The normalized spacial score (nSPS) is 11.1. The van der Waals surface area contributed by atoms with Gasteiger partial charge in [-0.1, -0.05) is 0 Å². The molecule has 0 N–H and O–H groups in total. The van der Waals surface area contributed by atoms with Crippen molar-refractivity contribution in [2.45, 2.75) is 32.7 Å². The second-order valence-corrected chi connectivity index (χ2v) is 6.84. The number of hydrogen-bond donors (Lipinski definition) is 0. The first-order valence-electron chi connectivity index (χ1n) is 7.37. The SMILES string of the molecule is CC(C)(C)N(C(=O)OCCc1cscn1)c1ccc([N+](=O)[O-])cc1. The van der Waals surface area contributed by atoms with Crippen LogP contribution < -0.4 is 4.90 Å². The molecule has 0 aliphatic carbocycles. The molecule has 0 atom stereocenters. The van der Waals surface area contributed by atoms with Crippen LogP contribution in [0.2, 0.25) is 0 Å². The van der Waals surface area contributed by atoms with Crippen molar-refractivity contribution >= 4 is 28.8 Å². The summed E-state index contributed by atoms with van der Waals surface area (Å²) in [6.45, 7) is 5.84. The van der Waals surface area contributed by atoms with E-state index in [2.05, 4.69) is 4.98 Å². The molecule has 2 rings (SSSR count). The zero-order valence-corrected chi connectivity index (χ0v) is 14.6. The van der Waals surface area contributed by atoms with E-state index in [1.807, 2.05) is 26.2 Å². The number of rotatable bonds is 5. The predicted molar refractivity (Wildman–Crippen MR) is 92.5 cm³/mol.